The van der Waals surface area contributed by atoms with Gasteiger partial charge in [0.15, 0.2) is 11.2 Å². The summed E-state index contributed by atoms with van der Waals surface area (Å²) in [4.78, 5) is 8.99. The summed E-state index contributed by atoms with van der Waals surface area (Å²) in [5.74, 6) is 1.13. The Morgan fingerprint density at radius 1 is 0.750 bits per heavy atom. The highest BCUT2D eigenvalue weighted by Gasteiger charge is 2.20. The Bertz CT molecular complexity index is 751. The molecule has 0 unspecified atom stereocenters. The molecule has 0 aliphatic rings. The third kappa shape index (κ3) is 1.69. The van der Waals surface area contributed by atoms with Gasteiger partial charge in [-0.1, -0.05) is 24.3 Å². The number of aromatic nitrogens is 2. The number of hydrogen-bond donors (Lipinski definition) is 0. The molecule has 20 heavy (non-hydrogen) atoms. The Hall–Kier alpha value is -2.62. The molecule has 0 bridgehead atoms. The second-order valence-electron chi connectivity index (χ2n) is 4.76. The third-order valence-electron chi connectivity index (χ3n) is 3.36. The maximum absolute atomic E-state index is 5.77. The van der Waals surface area contributed by atoms with Gasteiger partial charge in [-0.05, 0) is 31.2 Å². The van der Waals surface area contributed by atoms with Crippen molar-refractivity contribution < 1.29 is 8.83 Å². The molecule has 0 aliphatic heterocycles. The normalized spacial score (nSPS) is 11.7. The van der Waals surface area contributed by atoms with Gasteiger partial charge in [-0.15, -0.1) is 0 Å². The van der Waals surface area contributed by atoms with Gasteiger partial charge in [0.25, 0.3) is 0 Å². The van der Waals surface area contributed by atoms with Crippen molar-refractivity contribution in [1.29, 1.82) is 0 Å². The van der Waals surface area contributed by atoms with E-state index in [9.17, 15) is 0 Å². The lowest BCUT2D eigenvalue weighted by atomic mass is 10.2. The summed E-state index contributed by atoms with van der Waals surface area (Å²) in [5.41, 5.74) is 3.27. The lowest BCUT2D eigenvalue weighted by molar-refractivity contribution is 0.446. The van der Waals surface area contributed by atoms with Crippen LogP contribution in [0.25, 0.3) is 22.2 Å². The van der Waals surface area contributed by atoms with Crippen molar-refractivity contribution in [2.45, 2.75) is 12.8 Å². The minimum absolute atomic E-state index is 0.116. The minimum Gasteiger partial charge on any atom is -0.440 e. The molecule has 98 valence electrons. The fourth-order valence-electron chi connectivity index (χ4n) is 2.26. The molecule has 0 saturated carbocycles. The van der Waals surface area contributed by atoms with Gasteiger partial charge in [-0.2, -0.15) is 0 Å². The zero-order valence-electron chi connectivity index (χ0n) is 10.9. The van der Waals surface area contributed by atoms with Gasteiger partial charge in [0.1, 0.15) is 17.0 Å². The molecule has 4 aromatic rings. The highest BCUT2D eigenvalue weighted by Crippen LogP contribution is 2.28. The number of oxazole rings is 2. The smallest absolute Gasteiger partial charge is 0.207 e. The van der Waals surface area contributed by atoms with Gasteiger partial charge < -0.3 is 8.83 Å². The molecule has 2 heterocycles. The van der Waals surface area contributed by atoms with Crippen molar-refractivity contribution in [3.8, 4) is 0 Å². The maximum atomic E-state index is 5.77. The average Bonchev–Trinajstić information content (AvgIpc) is 3.10. The molecule has 4 rings (SSSR count). The van der Waals surface area contributed by atoms with Crippen LogP contribution < -0.4 is 0 Å². The topological polar surface area (TPSA) is 52.1 Å². The van der Waals surface area contributed by atoms with Crippen molar-refractivity contribution in [1.82, 2.24) is 9.97 Å². The zero-order valence-corrected chi connectivity index (χ0v) is 10.9. The van der Waals surface area contributed by atoms with Crippen molar-refractivity contribution in [2.24, 2.45) is 0 Å². The fraction of sp³-hybridized carbons (Fsp3) is 0.125. The predicted octanol–water partition coefficient (Wildman–Crippen LogP) is 4.12. The predicted molar refractivity (Wildman–Crippen MR) is 75.5 cm³/mol. The van der Waals surface area contributed by atoms with Crippen LogP contribution in [-0.2, 0) is 0 Å². The third-order valence-corrected chi connectivity index (χ3v) is 3.36. The Morgan fingerprint density at radius 2 is 1.20 bits per heavy atom. The van der Waals surface area contributed by atoms with E-state index in [-0.39, 0.29) is 5.92 Å². The van der Waals surface area contributed by atoms with Gasteiger partial charge >= 0.3 is 0 Å². The van der Waals surface area contributed by atoms with E-state index >= 15 is 0 Å². The molecule has 0 aliphatic carbocycles. The molecule has 0 amide bonds. The lowest BCUT2D eigenvalue weighted by Gasteiger charge is -2.00. The quantitative estimate of drug-likeness (QED) is 0.546. The second-order valence-corrected chi connectivity index (χ2v) is 4.76. The number of hydrogen-bond acceptors (Lipinski definition) is 4. The van der Waals surface area contributed by atoms with Crippen LogP contribution in [0.4, 0.5) is 0 Å². The van der Waals surface area contributed by atoms with E-state index in [4.69, 9.17) is 8.83 Å². The average molecular weight is 264 g/mol. The first kappa shape index (κ1) is 11.2. The van der Waals surface area contributed by atoms with Crippen molar-refractivity contribution >= 4 is 22.2 Å². The van der Waals surface area contributed by atoms with Gasteiger partial charge in [-0.3, -0.25) is 0 Å². The second kappa shape index (κ2) is 4.20. The molecule has 4 heteroatoms. The number of benzene rings is 2. The number of para-hydroxylation sites is 4. The molecule has 0 N–H and O–H groups in total. The van der Waals surface area contributed by atoms with E-state index in [0.29, 0.717) is 11.8 Å². The van der Waals surface area contributed by atoms with E-state index in [1.165, 1.54) is 0 Å². The summed E-state index contributed by atoms with van der Waals surface area (Å²) >= 11 is 0. The van der Waals surface area contributed by atoms with Crippen LogP contribution in [-0.4, -0.2) is 9.97 Å². The maximum Gasteiger partial charge on any atom is 0.207 e. The van der Waals surface area contributed by atoms with Crippen LogP contribution in [0.1, 0.15) is 24.6 Å². The van der Waals surface area contributed by atoms with Gasteiger partial charge in [0, 0.05) is 0 Å². The van der Waals surface area contributed by atoms with Crippen LogP contribution in [0, 0.1) is 0 Å². The van der Waals surface area contributed by atoms with Crippen LogP contribution >= 0.6 is 0 Å². The first-order valence-electron chi connectivity index (χ1n) is 6.52. The number of rotatable bonds is 2. The summed E-state index contributed by atoms with van der Waals surface area (Å²) in [7, 11) is 0. The van der Waals surface area contributed by atoms with Crippen molar-refractivity contribution in [2.75, 3.05) is 0 Å². The van der Waals surface area contributed by atoms with Crippen LogP contribution in [0.3, 0.4) is 0 Å². The molecule has 0 radical (unpaired) electrons. The van der Waals surface area contributed by atoms with Crippen molar-refractivity contribution in [3.63, 3.8) is 0 Å². The van der Waals surface area contributed by atoms with Crippen LogP contribution in [0.15, 0.2) is 57.4 Å². The summed E-state index contributed by atoms with van der Waals surface area (Å²) in [6, 6.07) is 15.4. The summed E-state index contributed by atoms with van der Waals surface area (Å²) < 4.78 is 11.5. The molecular weight excluding hydrogens is 252 g/mol. The SMILES string of the molecule is CC(c1nc2ccccc2o1)c1nc2ccccc2o1. The summed E-state index contributed by atoms with van der Waals surface area (Å²) in [6.45, 7) is 1.98. The zero-order chi connectivity index (χ0) is 13.5. The van der Waals surface area contributed by atoms with Crippen LogP contribution in [0.2, 0.25) is 0 Å². The molecule has 0 spiro atoms. The largest absolute Gasteiger partial charge is 0.440 e. The van der Waals surface area contributed by atoms with Gasteiger partial charge in [-0.25, -0.2) is 9.97 Å². The van der Waals surface area contributed by atoms with Gasteiger partial charge in [0.2, 0.25) is 11.8 Å². The summed E-state index contributed by atoms with van der Waals surface area (Å²) in [5, 5.41) is 0. The van der Waals surface area contributed by atoms with E-state index in [1.54, 1.807) is 0 Å². The number of nitrogens with zero attached hydrogens (tertiary/aromatic N) is 2. The monoisotopic (exact) mass is 264 g/mol. The highest BCUT2D eigenvalue weighted by molar-refractivity contribution is 5.73. The molecule has 0 atom stereocenters. The molecule has 0 saturated heterocycles. The minimum atomic E-state index is -0.116. The lowest BCUT2D eigenvalue weighted by Crippen LogP contribution is -1.96. The Morgan fingerprint density at radius 3 is 1.65 bits per heavy atom. The molecule has 2 aromatic heterocycles. The molecule has 4 nitrogen and oxygen atoms in total. The van der Waals surface area contributed by atoms with E-state index in [1.807, 2.05) is 55.5 Å². The Kier molecular flexibility index (Phi) is 2.36. The molecule has 0 fully saturated rings. The van der Waals surface area contributed by atoms with E-state index < -0.39 is 0 Å². The molecular formula is C16H12N2O2. The first-order valence-corrected chi connectivity index (χ1v) is 6.52. The van der Waals surface area contributed by atoms with Gasteiger partial charge in [0.05, 0.1) is 0 Å². The Balaban J connectivity index is 1.80. The van der Waals surface area contributed by atoms with Crippen LogP contribution in [0.5, 0.6) is 0 Å². The first-order chi connectivity index (χ1) is 9.81. The van der Waals surface area contributed by atoms with E-state index in [2.05, 4.69) is 9.97 Å². The van der Waals surface area contributed by atoms with Crippen molar-refractivity contribution in [3.05, 3.63) is 60.3 Å². The number of fused-ring (bicyclic) bond motifs is 2. The Labute approximate surface area is 115 Å². The van der Waals surface area contributed by atoms with E-state index in [0.717, 1.165) is 22.2 Å². The molecule has 2 aromatic carbocycles. The summed E-state index contributed by atoms with van der Waals surface area (Å²) in [6.07, 6.45) is 0. The fourth-order valence-corrected chi connectivity index (χ4v) is 2.26. The highest BCUT2D eigenvalue weighted by atomic mass is 16.4. The standard InChI is InChI=1S/C16H12N2O2/c1-10(15-17-11-6-2-4-8-13(11)19-15)16-18-12-7-3-5-9-14(12)20-16/h2-10H,1H3.